The molecule has 0 aromatic rings. The molecule has 1 unspecified atom stereocenters. The summed E-state index contributed by atoms with van der Waals surface area (Å²) in [6.45, 7) is 8.84. The monoisotopic (exact) mass is 291 g/mol. The molecule has 2 fully saturated rings. The molecular weight excluding hydrogens is 258 g/mol. The van der Waals surface area contributed by atoms with Gasteiger partial charge in [0.15, 0.2) is 0 Å². The van der Waals surface area contributed by atoms with Crippen molar-refractivity contribution in [2.75, 3.05) is 26.2 Å². The van der Waals surface area contributed by atoms with Crippen LogP contribution in [-0.4, -0.2) is 36.6 Å². The van der Waals surface area contributed by atoms with Crippen LogP contribution in [0.25, 0.3) is 0 Å². The molecule has 1 heterocycles. The summed E-state index contributed by atoms with van der Waals surface area (Å²) in [7, 11) is 0. The minimum atomic E-state index is -0.294. The smallest absolute Gasteiger partial charge is 0.106 e. The predicted molar refractivity (Wildman–Crippen MR) is 88.1 cm³/mol. The molecule has 1 saturated carbocycles. The zero-order valence-corrected chi connectivity index (χ0v) is 14.1. The summed E-state index contributed by atoms with van der Waals surface area (Å²) in [6.07, 6.45) is 11.7. The highest BCUT2D eigenvalue weighted by Gasteiger charge is 2.36. The Bertz CT molecular complexity index is 344. The molecule has 1 aliphatic carbocycles. The van der Waals surface area contributed by atoms with Gasteiger partial charge in [0.25, 0.3) is 0 Å². The van der Waals surface area contributed by atoms with Gasteiger partial charge >= 0.3 is 0 Å². The third-order valence-corrected chi connectivity index (χ3v) is 5.99. The average Bonchev–Trinajstić information content (AvgIpc) is 2.97. The van der Waals surface area contributed by atoms with E-state index in [2.05, 4.69) is 30.1 Å². The maximum Gasteiger partial charge on any atom is 0.106 e. The topological polar surface area (TPSA) is 39.1 Å². The van der Waals surface area contributed by atoms with E-state index in [0.29, 0.717) is 0 Å². The third-order valence-electron chi connectivity index (χ3n) is 5.99. The van der Waals surface area contributed by atoms with Crippen LogP contribution >= 0.6 is 0 Å². The normalized spacial score (nSPS) is 24.8. The largest absolute Gasteiger partial charge is 0.303 e. The lowest BCUT2D eigenvalue weighted by Gasteiger charge is -2.39. The van der Waals surface area contributed by atoms with E-state index in [1.54, 1.807) is 0 Å². The van der Waals surface area contributed by atoms with Crippen LogP contribution in [0.3, 0.4) is 0 Å². The van der Waals surface area contributed by atoms with Gasteiger partial charge < -0.3 is 4.90 Å². The minimum absolute atomic E-state index is 0.294. The first kappa shape index (κ1) is 16.8. The molecule has 1 aliphatic heterocycles. The van der Waals surface area contributed by atoms with Crippen LogP contribution < -0.4 is 5.32 Å². The summed E-state index contributed by atoms with van der Waals surface area (Å²) < 4.78 is 0. The number of nitriles is 1. The van der Waals surface area contributed by atoms with E-state index in [9.17, 15) is 5.26 Å². The van der Waals surface area contributed by atoms with Gasteiger partial charge in [-0.05, 0) is 76.5 Å². The molecule has 2 aliphatic rings. The molecule has 0 amide bonds. The first-order valence-electron chi connectivity index (χ1n) is 9.06. The van der Waals surface area contributed by atoms with Crippen molar-refractivity contribution in [3.05, 3.63) is 0 Å². The van der Waals surface area contributed by atoms with Gasteiger partial charge in [-0.3, -0.25) is 5.32 Å². The maximum absolute atomic E-state index is 9.46. The van der Waals surface area contributed by atoms with E-state index in [1.807, 2.05) is 0 Å². The van der Waals surface area contributed by atoms with Crippen molar-refractivity contribution in [2.45, 2.75) is 77.2 Å². The second-order valence-electron chi connectivity index (χ2n) is 7.23. The molecule has 0 bridgehead atoms. The Morgan fingerprint density at radius 1 is 1.14 bits per heavy atom. The van der Waals surface area contributed by atoms with Crippen LogP contribution in [0.15, 0.2) is 0 Å². The number of rotatable bonds is 7. The second-order valence-corrected chi connectivity index (χ2v) is 7.23. The Balaban J connectivity index is 1.71. The molecule has 0 aromatic heterocycles. The molecule has 1 spiro atoms. The minimum Gasteiger partial charge on any atom is -0.303 e. The van der Waals surface area contributed by atoms with Crippen molar-refractivity contribution < 1.29 is 0 Å². The first-order valence-corrected chi connectivity index (χ1v) is 9.06. The number of hydrogen-bond acceptors (Lipinski definition) is 3. The molecule has 3 nitrogen and oxygen atoms in total. The van der Waals surface area contributed by atoms with Crippen molar-refractivity contribution in [3.63, 3.8) is 0 Å². The Labute approximate surface area is 131 Å². The molecule has 1 N–H and O–H groups in total. The lowest BCUT2D eigenvalue weighted by Crippen LogP contribution is -2.44. The van der Waals surface area contributed by atoms with Crippen LogP contribution in [0, 0.1) is 16.7 Å². The van der Waals surface area contributed by atoms with Crippen molar-refractivity contribution in [1.29, 1.82) is 5.26 Å². The van der Waals surface area contributed by atoms with Gasteiger partial charge in [-0.15, -0.1) is 0 Å². The molecule has 0 aromatic carbocycles. The number of likely N-dealkylation sites (tertiary alicyclic amines) is 1. The van der Waals surface area contributed by atoms with Crippen molar-refractivity contribution >= 4 is 0 Å². The summed E-state index contributed by atoms with van der Waals surface area (Å²) in [6, 6.07) is 2.51. The van der Waals surface area contributed by atoms with Crippen LogP contribution in [-0.2, 0) is 0 Å². The molecule has 21 heavy (non-hydrogen) atoms. The first-order chi connectivity index (χ1) is 10.2. The fourth-order valence-corrected chi connectivity index (χ4v) is 4.38. The van der Waals surface area contributed by atoms with Gasteiger partial charge in [0.1, 0.15) is 5.54 Å². The number of piperidine rings is 1. The summed E-state index contributed by atoms with van der Waals surface area (Å²) >= 11 is 0. The maximum atomic E-state index is 9.46. The van der Waals surface area contributed by atoms with Gasteiger partial charge in [-0.25, -0.2) is 0 Å². The van der Waals surface area contributed by atoms with Crippen molar-refractivity contribution in [2.24, 2.45) is 5.41 Å². The lowest BCUT2D eigenvalue weighted by atomic mass is 9.77. The van der Waals surface area contributed by atoms with Gasteiger partial charge in [-0.1, -0.05) is 26.7 Å². The summed E-state index contributed by atoms with van der Waals surface area (Å²) in [5.41, 5.74) is 0.428. The van der Waals surface area contributed by atoms with E-state index in [4.69, 9.17) is 0 Å². The highest BCUT2D eigenvalue weighted by Crippen LogP contribution is 2.46. The highest BCUT2D eigenvalue weighted by molar-refractivity contribution is 5.06. The number of hydrogen-bond donors (Lipinski definition) is 1. The fraction of sp³-hybridized carbons (Fsp3) is 0.944. The SMILES string of the molecule is CCNC(C#N)(CC)CCCN1CCC2(CCCC2)CC1. The fourth-order valence-electron chi connectivity index (χ4n) is 4.38. The Kier molecular flexibility index (Phi) is 6.08. The Hall–Kier alpha value is -0.590. The lowest BCUT2D eigenvalue weighted by molar-refractivity contribution is 0.106. The summed E-state index contributed by atoms with van der Waals surface area (Å²) in [5.74, 6) is 0. The summed E-state index contributed by atoms with van der Waals surface area (Å²) in [5, 5.41) is 12.9. The van der Waals surface area contributed by atoms with E-state index < -0.39 is 0 Å². The predicted octanol–water partition coefficient (Wildman–Crippen LogP) is 3.70. The van der Waals surface area contributed by atoms with E-state index in [0.717, 1.165) is 31.2 Å². The molecule has 1 saturated heterocycles. The molecule has 120 valence electrons. The average molecular weight is 291 g/mol. The van der Waals surface area contributed by atoms with Crippen LogP contribution in [0.4, 0.5) is 0 Å². The van der Waals surface area contributed by atoms with E-state index in [1.165, 1.54) is 58.2 Å². The summed E-state index contributed by atoms with van der Waals surface area (Å²) in [4.78, 5) is 2.63. The molecular formula is C18H33N3. The van der Waals surface area contributed by atoms with Gasteiger partial charge in [0.2, 0.25) is 0 Å². The molecule has 2 rings (SSSR count). The zero-order valence-electron chi connectivity index (χ0n) is 14.1. The second kappa shape index (κ2) is 7.61. The zero-order chi connectivity index (χ0) is 15.2. The molecule has 0 radical (unpaired) electrons. The number of nitrogens with zero attached hydrogens (tertiary/aromatic N) is 2. The number of nitrogens with one attached hydrogen (secondary N) is 1. The standard InChI is InChI=1S/C18H33N3/c1-3-18(16-19,20-4-2)10-7-13-21-14-11-17(12-15-21)8-5-6-9-17/h20H,3-15H2,1-2H3. The highest BCUT2D eigenvalue weighted by atomic mass is 15.1. The van der Waals surface area contributed by atoms with Crippen LogP contribution in [0.5, 0.6) is 0 Å². The van der Waals surface area contributed by atoms with Crippen LogP contribution in [0.2, 0.25) is 0 Å². The quantitative estimate of drug-likeness (QED) is 0.777. The van der Waals surface area contributed by atoms with Gasteiger partial charge in [0.05, 0.1) is 6.07 Å². The Morgan fingerprint density at radius 2 is 1.81 bits per heavy atom. The van der Waals surface area contributed by atoms with Crippen molar-refractivity contribution in [1.82, 2.24) is 10.2 Å². The van der Waals surface area contributed by atoms with Crippen LogP contribution in [0.1, 0.15) is 71.6 Å². The third kappa shape index (κ3) is 4.20. The molecule has 1 atom stereocenters. The van der Waals surface area contributed by atoms with Gasteiger partial charge in [0, 0.05) is 0 Å². The molecule has 3 heteroatoms. The van der Waals surface area contributed by atoms with Gasteiger partial charge in [-0.2, -0.15) is 5.26 Å². The van der Waals surface area contributed by atoms with E-state index >= 15 is 0 Å². The van der Waals surface area contributed by atoms with Crippen molar-refractivity contribution in [3.8, 4) is 6.07 Å². The van der Waals surface area contributed by atoms with E-state index in [-0.39, 0.29) is 5.54 Å². The Morgan fingerprint density at radius 3 is 2.33 bits per heavy atom.